The zero-order chi connectivity index (χ0) is 67.5. The molecule has 514 valence electrons. The predicted octanol–water partition coefficient (Wildman–Crippen LogP) is 11.2. The molecular formula is C69H154N12O4. The quantitative estimate of drug-likeness (QED) is 0.0256. The number of ketones is 4. The molecule has 6 unspecified atom stereocenters. The van der Waals surface area contributed by atoms with Gasteiger partial charge in [0.2, 0.25) is 0 Å². The van der Waals surface area contributed by atoms with Crippen LogP contribution in [0.15, 0.2) is 0 Å². The van der Waals surface area contributed by atoms with E-state index >= 15 is 0 Å². The molecule has 6 atom stereocenters. The fraction of sp³-hybridized carbons (Fsp3) is 0.942. The van der Waals surface area contributed by atoms with E-state index < -0.39 is 0 Å². The van der Waals surface area contributed by atoms with Gasteiger partial charge in [0.25, 0.3) is 0 Å². The van der Waals surface area contributed by atoms with Gasteiger partial charge in [-0.1, -0.05) is 52.4 Å². The average molecular weight is 1220 g/mol. The number of nitrogens with one attached hydrogen (secondary N) is 9. The van der Waals surface area contributed by atoms with Crippen LogP contribution in [0.1, 0.15) is 295 Å². The maximum atomic E-state index is 11.1. The lowest BCUT2D eigenvalue weighted by Crippen LogP contribution is -2.36. The molecule has 0 saturated heterocycles. The highest BCUT2D eigenvalue weighted by Crippen LogP contribution is 2.09. The number of rotatable bonds is 39. The van der Waals surface area contributed by atoms with E-state index in [1.165, 1.54) is 44.9 Å². The van der Waals surface area contributed by atoms with E-state index in [1.807, 2.05) is 14.1 Å². The average Bonchev–Trinajstić information content (AvgIpc) is 3.35. The van der Waals surface area contributed by atoms with Crippen molar-refractivity contribution in [1.29, 1.82) is 0 Å². The number of likely N-dealkylation sites (N-methyl/N-ethyl adjacent to an activating group) is 2. The fourth-order valence-electron chi connectivity index (χ4n) is 8.02. The first-order chi connectivity index (χ1) is 38.8. The van der Waals surface area contributed by atoms with Crippen LogP contribution in [-0.4, -0.2) is 153 Å². The molecule has 0 aromatic rings. The Morgan fingerprint density at radius 1 is 0.306 bits per heavy atom. The molecule has 0 saturated carbocycles. The lowest BCUT2D eigenvalue weighted by molar-refractivity contribution is -0.119. The molecule has 0 aromatic carbocycles. The summed E-state index contributed by atoms with van der Waals surface area (Å²) in [6, 6.07) is 0.688. The summed E-state index contributed by atoms with van der Waals surface area (Å²) in [7, 11) is 5.75. The normalized spacial score (nSPS) is 14.1. The van der Waals surface area contributed by atoms with Crippen molar-refractivity contribution < 1.29 is 19.2 Å². The van der Waals surface area contributed by atoms with Crippen LogP contribution < -0.4 is 65.1 Å². The number of unbranched alkanes of at least 4 members (excludes halogenated alkanes) is 6. The first kappa shape index (κ1) is 94.3. The van der Waals surface area contributed by atoms with Crippen LogP contribution in [0.3, 0.4) is 0 Å². The topological polar surface area (TPSA) is 255 Å². The number of hydrogen-bond donors (Lipinski definition) is 12. The molecule has 0 aromatic heterocycles. The number of carbonyl (C=O) groups is 4. The van der Waals surface area contributed by atoms with E-state index in [0.29, 0.717) is 12.1 Å². The van der Waals surface area contributed by atoms with Gasteiger partial charge in [-0.3, -0.25) is 19.2 Å². The molecule has 0 aliphatic heterocycles. The van der Waals surface area contributed by atoms with Crippen molar-refractivity contribution in [2.75, 3.05) is 60.4 Å². The second kappa shape index (κ2) is 55.1. The Bertz CT molecular complexity index is 1450. The van der Waals surface area contributed by atoms with E-state index in [9.17, 15) is 19.2 Å². The second-order valence-corrected chi connectivity index (χ2v) is 29.9. The Balaban J connectivity index is -0.000000220. The molecule has 0 heterocycles. The van der Waals surface area contributed by atoms with Gasteiger partial charge in [-0.2, -0.15) is 0 Å². The molecule has 85 heavy (non-hydrogen) atoms. The van der Waals surface area contributed by atoms with Gasteiger partial charge in [-0.25, -0.2) is 0 Å². The second-order valence-electron chi connectivity index (χ2n) is 29.9. The van der Waals surface area contributed by atoms with Gasteiger partial charge in [0.15, 0.2) is 0 Å². The van der Waals surface area contributed by atoms with Gasteiger partial charge in [0, 0.05) is 45.3 Å². The minimum absolute atomic E-state index is 0.0413. The van der Waals surface area contributed by atoms with Crippen LogP contribution in [0, 0.1) is 0 Å². The summed E-state index contributed by atoms with van der Waals surface area (Å²) in [5, 5.41) is 30.1. The third-order valence-corrected chi connectivity index (χ3v) is 13.8. The SMILES string of the molecule is CC(=O)C(N)CCCCNC(C)(C)C.CC(=O)C(N)CCCCNC(C)(C)C.CCC(CCCCNC(C)(C)C)NC.CCC(N)CCCCNC(C)(C)C.CNC(CCCCNC(C)(C)C)C(C)=O.CNC(CCCCNC(C)(C)C)C(C)=O. The summed E-state index contributed by atoms with van der Waals surface area (Å²) < 4.78 is 0. The summed E-state index contributed by atoms with van der Waals surface area (Å²) in [6.07, 6.45) is 22.0. The van der Waals surface area contributed by atoms with Crippen LogP contribution >= 0.6 is 0 Å². The van der Waals surface area contributed by atoms with Crippen LogP contribution in [0.2, 0.25) is 0 Å². The number of carbonyl (C=O) groups excluding carboxylic acids is 4. The van der Waals surface area contributed by atoms with Gasteiger partial charge < -0.3 is 65.1 Å². The molecule has 0 aliphatic rings. The minimum Gasteiger partial charge on any atom is -0.328 e. The van der Waals surface area contributed by atoms with Crippen molar-refractivity contribution in [3.05, 3.63) is 0 Å². The predicted molar refractivity (Wildman–Crippen MR) is 375 cm³/mol. The molecular weight excluding hydrogens is 1060 g/mol. The Hall–Kier alpha value is -1.80. The third kappa shape index (κ3) is 86.5. The van der Waals surface area contributed by atoms with Crippen LogP contribution in [0.25, 0.3) is 0 Å². The summed E-state index contributed by atoms with van der Waals surface area (Å²) in [6.45, 7) is 56.2. The minimum atomic E-state index is -0.260. The molecule has 0 amide bonds. The zero-order valence-corrected chi connectivity index (χ0v) is 61.7. The number of hydrogen-bond acceptors (Lipinski definition) is 16. The first-order valence-electron chi connectivity index (χ1n) is 33.6. The molecule has 0 spiro atoms. The molecule has 16 nitrogen and oxygen atoms in total. The first-order valence-corrected chi connectivity index (χ1v) is 33.6. The molecule has 0 bridgehead atoms. The number of nitrogens with two attached hydrogens (primary N) is 3. The van der Waals surface area contributed by atoms with E-state index in [0.717, 1.165) is 123 Å². The molecule has 16 heteroatoms. The lowest BCUT2D eigenvalue weighted by Gasteiger charge is -2.20. The van der Waals surface area contributed by atoms with Crippen molar-refractivity contribution in [2.24, 2.45) is 17.2 Å². The number of Topliss-reactive ketones (excluding diaryl/α,β-unsaturated/α-hetero) is 4. The van der Waals surface area contributed by atoms with Gasteiger partial charge in [0.1, 0.15) is 23.1 Å². The summed E-state index contributed by atoms with van der Waals surface area (Å²) >= 11 is 0. The van der Waals surface area contributed by atoms with Gasteiger partial charge in [-0.05, 0) is 303 Å². The Morgan fingerprint density at radius 3 is 0.706 bits per heavy atom. The van der Waals surface area contributed by atoms with E-state index in [4.69, 9.17) is 17.2 Å². The summed E-state index contributed by atoms with van der Waals surface area (Å²) in [5.41, 5.74) is 18.3. The Labute approximate surface area is 529 Å². The van der Waals surface area contributed by atoms with Crippen molar-refractivity contribution in [3.63, 3.8) is 0 Å². The highest BCUT2D eigenvalue weighted by Gasteiger charge is 2.15. The van der Waals surface area contributed by atoms with Gasteiger partial charge in [0.05, 0.1) is 24.2 Å². The van der Waals surface area contributed by atoms with Crippen LogP contribution in [0.5, 0.6) is 0 Å². The maximum absolute atomic E-state index is 11.1. The van der Waals surface area contributed by atoms with Crippen LogP contribution in [0.4, 0.5) is 0 Å². The summed E-state index contributed by atoms with van der Waals surface area (Å²) in [5.74, 6) is 0.658. The molecule has 0 fully saturated rings. The van der Waals surface area contributed by atoms with E-state index in [1.54, 1.807) is 27.7 Å². The largest absolute Gasteiger partial charge is 0.328 e. The molecule has 0 radical (unpaired) electrons. The highest BCUT2D eigenvalue weighted by atomic mass is 16.1. The standard InChI is InChI=1S/2C12H26N2O.C12H28N2.2C11H24N2O.C11H26N2/c2*1-10(15)11(13-5)8-6-7-9-14-12(2,3)4;1-6-11(13-5)9-7-8-10-14-12(2,3)4;2*1-9(14)10(12)7-5-6-8-13-11(2,3)4;1-5-10(12)8-6-7-9-13-11(2,3)4/h2*11,13-14H,6-9H2,1-5H3;11,13-14H,6-10H2,1-5H3;2*10,13H,5-8,12H2,1-4H3;10,13H,5-9,12H2,1-4H3. The van der Waals surface area contributed by atoms with Crippen molar-refractivity contribution in [3.8, 4) is 0 Å². The Kier molecular flexibility index (Phi) is 61.1. The smallest absolute Gasteiger partial charge is 0.146 e. The van der Waals surface area contributed by atoms with E-state index in [2.05, 4.69) is 193 Å². The zero-order valence-electron chi connectivity index (χ0n) is 61.7. The molecule has 0 aliphatic carbocycles. The fourth-order valence-corrected chi connectivity index (χ4v) is 8.02. The Morgan fingerprint density at radius 2 is 0.529 bits per heavy atom. The maximum Gasteiger partial charge on any atom is 0.146 e. The van der Waals surface area contributed by atoms with Crippen molar-refractivity contribution >= 4 is 23.1 Å². The monoisotopic (exact) mass is 1220 g/mol. The van der Waals surface area contributed by atoms with Gasteiger partial charge >= 0.3 is 0 Å². The molecule has 15 N–H and O–H groups in total. The lowest BCUT2D eigenvalue weighted by atomic mass is 10.1. The van der Waals surface area contributed by atoms with Gasteiger partial charge in [-0.15, -0.1) is 0 Å². The highest BCUT2D eigenvalue weighted by molar-refractivity contribution is 5.82. The summed E-state index contributed by atoms with van der Waals surface area (Å²) in [4.78, 5) is 43.9. The third-order valence-electron chi connectivity index (χ3n) is 13.8. The van der Waals surface area contributed by atoms with Crippen molar-refractivity contribution in [1.82, 2.24) is 47.9 Å². The molecule has 0 rings (SSSR count). The van der Waals surface area contributed by atoms with E-state index in [-0.39, 0.29) is 80.5 Å². The van der Waals surface area contributed by atoms with Crippen LogP contribution in [-0.2, 0) is 19.2 Å². The van der Waals surface area contributed by atoms with Crippen molar-refractivity contribution in [2.45, 2.75) is 364 Å².